The molecule has 1 aliphatic rings. The number of aromatic nitrogens is 1. The van der Waals surface area contributed by atoms with E-state index in [4.69, 9.17) is 0 Å². The highest BCUT2D eigenvalue weighted by Crippen LogP contribution is 2.22. The molecule has 1 aromatic heterocycles. The molecule has 2 unspecified atom stereocenters. The zero-order valence-electron chi connectivity index (χ0n) is 23.2. The van der Waals surface area contributed by atoms with Gasteiger partial charge in [0.05, 0.1) is 12.1 Å². The van der Waals surface area contributed by atoms with Gasteiger partial charge in [-0.05, 0) is 62.4 Å². The van der Waals surface area contributed by atoms with Gasteiger partial charge in [0.25, 0.3) is 5.91 Å². The van der Waals surface area contributed by atoms with E-state index >= 15 is 0 Å². The van der Waals surface area contributed by atoms with Crippen LogP contribution in [0.2, 0.25) is 0 Å². The van der Waals surface area contributed by atoms with Crippen LogP contribution in [0.4, 0.5) is 0 Å². The smallest absolute Gasteiger partial charge is 0.255 e. The minimum atomic E-state index is -0.631. The molecule has 210 valence electrons. The summed E-state index contributed by atoms with van der Waals surface area (Å²) in [7, 11) is 1.71. The summed E-state index contributed by atoms with van der Waals surface area (Å²) in [5.74, 6) is -0.382. The number of aryl methyl sites for hydroxylation is 1. The summed E-state index contributed by atoms with van der Waals surface area (Å²) in [6, 6.07) is 22.9. The van der Waals surface area contributed by atoms with Crippen molar-refractivity contribution in [2.75, 3.05) is 33.2 Å². The van der Waals surface area contributed by atoms with Crippen molar-refractivity contribution in [3.05, 3.63) is 102 Å². The standard InChI is InChI=1S/C32H39N5O3/c1-33-23-30(38)35-29(17-16-25-10-4-2-5-11-25)32(40)37-20-9-15-28(37)24-36(21-18-26-12-6-3-7-13-26)31(39)27-14-8-19-34-22-27/h2-8,10-14,19,22,28-29,33H,9,15-18,20-21,23-24H2,1H3,(H,35,38). The Labute approximate surface area is 236 Å². The lowest BCUT2D eigenvalue weighted by molar-refractivity contribution is -0.137. The molecule has 2 aromatic carbocycles. The zero-order chi connectivity index (χ0) is 28.2. The summed E-state index contributed by atoms with van der Waals surface area (Å²) >= 11 is 0. The van der Waals surface area contributed by atoms with Crippen molar-refractivity contribution in [1.82, 2.24) is 25.4 Å². The molecule has 2 heterocycles. The average Bonchev–Trinajstić information content (AvgIpc) is 3.46. The van der Waals surface area contributed by atoms with Gasteiger partial charge in [-0.3, -0.25) is 19.4 Å². The van der Waals surface area contributed by atoms with Crippen LogP contribution in [0.5, 0.6) is 0 Å². The second-order valence-corrected chi connectivity index (χ2v) is 10.2. The number of hydrogen-bond donors (Lipinski definition) is 2. The molecule has 2 atom stereocenters. The number of benzene rings is 2. The number of rotatable bonds is 13. The molecule has 0 radical (unpaired) electrons. The molecule has 1 saturated heterocycles. The fourth-order valence-electron chi connectivity index (χ4n) is 5.25. The third kappa shape index (κ3) is 8.23. The van der Waals surface area contributed by atoms with E-state index in [-0.39, 0.29) is 30.3 Å². The largest absolute Gasteiger partial charge is 0.343 e. The van der Waals surface area contributed by atoms with Crippen molar-refractivity contribution in [2.24, 2.45) is 0 Å². The summed E-state index contributed by atoms with van der Waals surface area (Å²) in [6.07, 6.45) is 6.82. The molecule has 0 aliphatic carbocycles. The van der Waals surface area contributed by atoms with Gasteiger partial charge in [-0.15, -0.1) is 0 Å². The topological polar surface area (TPSA) is 94.6 Å². The molecule has 4 rings (SSSR count). The predicted molar refractivity (Wildman–Crippen MR) is 156 cm³/mol. The number of likely N-dealkylation sites (N-methyl/N-ethyl adjacent to an activating group) is 1. The molecule has 8 nitrogen and oxygen atoms in total. The van der Waals surface area contributed by atoms with Gasteiger partial charge in [-0.2, -0.15) is 0 Å². The normalized spacial score (nSPS) is 15.4. The van der Waals surface area contributed by atoms with E-state index in [0.29, 0.717) is 44.5 Å². The highest BCUT2D eigenvalue weighted by molar-refractivity contribution is 5.94. The number of carbonyl (C=O) groups excluding carboxylic acids is 3. The third-order valence-electron chi connectivity index (χ3n) is 7.34. The molecule has 2 N–H and O–H groups in total. The van der Waals surface area contributed by atoms with Gasteiger partial charge in [0.1, 0.15) is 6.04 Å². The maximum absolute atomic E-state index is 13.9. The average molecular weight is 542 g/mol. The van der Waals surface area contributed by atoms with E-state index in [9.17, 15) is 14.4 Å². The van der Waals surface area contributed by atoms with Crippen molar-refractivity contribution < 1.29 is 14.4 Å². The minimum Gasteiger partial charge on any atom is -0.343 e. The predicted octanol–water partition coefficient (Wildman–Crippen LogP) is 3.09. The van der Waals surface area contributed by atoms with Crippen LogP contribution in [0.3, 0.4) is 0 Å². The second kappa shape index (κ2) is 14.9. The molecular weight excluding hydrogens is 502 g/mol. The van der Waals surface area contributed by atoms with E-state index in [1.807, 2.05) is 58.3 Å². The van der Waals surface area contributed by atoms with Crippen LogP contribution in [0.1, 0.15) is 40.7 Å². The first kappa shape index (κ1) is 29.0. The number of carbonyl (C=O) groups is 3. The zero-order valence-corrected chi connectivity index (χ0v) is 23.2. The molecule has 40 heavy (non-hydrogen) atoms. The summed E-state index contributed by atoms with van der Waals surface area (Å²) < 4.78 is 0. The summed E-state index contributed by atoms with van der Waals surface area (Å²) in [5, 5.41) is 5.81. The van der Waals surface area contributed by atoms with Gasteiger partial charge in [-0.25, -0.2) is 0 Å². The highest BCUT2D eigenvalue weighted by Gasteiger charge is 2.35. The Balaban J connectivity index is 1.49. The molecule has 0 saturated carbocycles. The lowest BCUT2D eigenvalue weighted by atomic mass is 10.0. The van der Waals surface area contributed by atoms with Crippen LogP contribution in [-0.2, 0) is 22.4 Å². The Morgan fingerprint density at radius 1 is 0.975 bits per heavy atom. The second-order valence-electron chi connectivity index (χ2n) is 10.2. The van der Waals surface area contributed by atoms with Crippen molar-refractivity contribution in [2.45, 2.75) is 44.2 Å². The van der Waals surface area contributed by atoms with Gasteiger partial charge < -0.3 is 20.4 Å². The van der Waals surface area contributed by atoms with E-state index in [1.165, 1.54) is 0 Å². The third-order valence-corrected chi connectivity index (χ3v) is 7.34. The van der Waals surface area contributed by atoms with E-state index in [2.05, 4.69) is 27.8 Å². The van der Waals surface area contributed by atoms with Gasteiger partial charge in [-0.1, -0.05) is 60.7 Å². The molecule has 0 spiro atoms. The Morgan fingerprint density at radius 2 is 1.68 bits per heavy atom. The monoisotopic (exact) mass is 541 g/mol. The Morgan fingerprint density at radius 3 is 2.33 bits per heavy atom. The molecular formula is C32H39N5O3. The van der Waals surface area contributed by atoms with Crippen LogP contribution in [0.25, 0.3) is 0 Å². The van der Waals surface area contributed by atoms with E-state index < -0.39 is 6.04 Å². The fourth-order valence-corrected chi connectivity index (χ4v) is 5.25. The first-order chi connectivity index (χ1) is 19.5. The summed E-state index contributed by atoms with van der Waals surface area (Å²) in [4.78, 5) is 47.8. The molecule has 3 aromatic rings. The molecule has 8 heteroatoms. The lowest BCUT2D eigenvalue weighted by Crippen LogP contribution is -2.53. The van der Waals surface area contributed by atoms with E-state index in [1.54, 1.807) is 31.6 Å². The molecule has 1 aliphatic heterocycles. The number of nitrogens with one attached hydrogen (secondary N) is 2. The number of hydrogen-bond acceptors (Lipinski definition) is 5. The highest BCUT2D eigenvalue weighted by atomic mass is 16.2. The molecule has 3 amide bonds. The van der Waals surface area contributed by atoms with Crippen molar-refractivity contribution in [1.29, 1.82) is 0 Å². The SMILES string of the molecule is CNCC(=O)NC(CCc1ccccc1)C(=O)N1CCCC1CN(CCc1ccccc1)C(=O)c1cccnc1. The Hall–Kier alpha value is -4.04. The first-order valence-corrected chi connectivity index (χ1v) is 14.1. The number of likely N-dealkylation sites (tertiary alicyclic amines) is 1. The van der Waals surface area contributed by atoms with Crippen LogP contribution >= 0.6 is 0 Å². The summed E-state index contributed by atoms with van der Waals surface area (Å²) in [5.41, 5.74) is 2.81. The Kier molecular flexibility index (Phi) is 10.8. The van der Waals surface area contributed by atoms with Gasteiger partial charge >= 0.3 is 0 Å². The Bertz CT molecular complexity index is 1220. The van der Waals surface area contributed by atoms with Crippen molar-refractivity contribution in [3.8, 4) is 0 Å². The summed E-state index contributed by atoms with van der Waals surface area (Å²) in [6.45, 7) is 1.72. The number of amides is 3. The van der Waals surface area contributed by atoms with Crippen LogP contribution in [-0.4, -0.2) is 77.8 Å². The van der Waals surface area contributed by atoms with Crippen molar-refractivity contribution in [3.63, 3.8) is 0 Å². The quantitative estimate of drug-likeness (QED) is 0.347. The van der Waals surface area contributed by atoms with Gasteiger partial charge in [0.15, 0.2) is 0 Å². The maximum atomic E-state index is 13.9. The molecule has 1 fully saturated rings. The minimum absolute atomic E-state index is 0.0836. The number of pyridine rings is 1. The maximum Gasteiger partial charge on any atom is 0.255 e. The number of nitrogens with zero attached hydrogens (tertiary/aromatic N) is 3. The van der Waals surface area contributed by atoms with Gasteiger partial charge in [0, 0.05) is 38.1 Å². The van der Waals surface area contributed by atoms with Crippen LogP contribution in [0, 0.1) is 0 Å². The van der Waals surface area contributed by atoms with Crippen molar-refractivity contribution >= 4 is 17.7 Å². The van der Waals surface area contributed by atoms with E-state index in [0.717, 1.165) is 24.0 Å². The van der Waals surface area contributed by atoms with Crippen LogP contribution in [0.15, 0.2) is 85.2 Å². The molecule has 0 bridgehead atoms. The van der Waals surface area contributed by atoms with Crippen LogP contribution < -0.4 is 10.6 Å². The first-order valence-electron chi connectivity index (χ1n) is 14.1. The fraction of sp³-hybridized carbons (Fsp3) is 0.375. The van der Waals surface area contributed by atoms with Gasteiger partial charge in [0.2, 0.25) is 11.8 Å². The lowest BCUT2D eigenvalue weighted by Gasteiger charge is -2.33.